The summed E-state index contributed by atoms with van der Waals surface area (Å²) in [6.07, 6.45) is 6.22. The molecule has 41 heavy (non-hydrogen) atoms. The molecule has 0 saturated carbocycles. The maximum Gasteiger partial charge on any atom is 0.159 e. The predicted octanol–water partition coefficient (Wildman–Crippen LogP) is 5.16. The maximum absolute atomic E-state index is 15.2. The summed E-state index contributed by atoms with van der Waals surface area (Å²) >= 11 is 0. The zero-order chi connectivity index (χ0) is 28.9. The maximum atomic E-state index is 15.2. The zero-order valence-electron chi connectivity index (χ0n) is 22.4. The normalized spacial score (nSPS) is 11.9. The lowest BCUT2D eigenvalue weighted by atomic mass is 10.0. The van der Waals surface area contributed by atoms with Crippen LogP contribution < -0.4 is 4.90 Å². The fourth-order valence-corrected chi connectivity index (χ4v) is 5.36. The Morgan fingerprint density at radius 3 is 2.56 bits per heavy atom. The van der Waals surface area contributed by atoms with Crippen LogP contribution in [0.3, 0.4) is 0 Å². The van der Waals surface area contributed by atoms with Gasteiger partial charge in [-0.2, -0.15) is 5.10 Å². The molecule has 0 aliphatic rings. The van der Waals surface area contributed by atoms with E-state index < -0.39 is 21.5 Å². The van der Waals surface area contributed by atoms with Crippen molar-refractivity contribution in [3.63, 3.8) is 0 Å². The number of sulfone groups is 1. The highest BCUT2D eigenvalue weighted by Crippen LogP contribution is 2.34. The van der Waals surface area contributed by atoms with Crippen LogP contribution in [0.5, 0.6) is 0 Å². The number of hydrogen-bond acceptors (Lipinski definition) is 7. The largest absolute Gasteiger partial charge is 0.376 e. The van der Waals surface area contributed by atoms with Crippen molar-refractivity contribution in [3.8, 4) is 33.9 Å². The van der Waals surface area contributed by atoms with Crippen LogP contribution in [0.1, 0.15) is 5.56 Å². The molecule has 0 amide bonds. The second-order valence-electron chi connectivity index (χ2n) is 10.1. The predicted molar refractivity (Wildman–Crippen MR) is 155 cm³/mol. The first-order valence-corrected chi connectivity index (χ1v) is 14.7. The first-order valence-electron chi connectivity index (χ1n) is 12.7. The van der Waals surface area contributed by atoms with E-state index in [0.29, 0.717) is 61.4 Å². The minimum atomic E-state index is -3.21. The number of aromatic amines is 2. The van der Waals surface area contributed by atoms with Gasteiger partial charge in [-0.3, -0.25) is 15.1 Å². The molecule has 0 aliphatic carbocycles. The van der Waals surface area contributed by atoms with Crippen LogP contribution in [0.2, 0.25) is 0 Å². The molecule has 9 nitrogen and oxygen atoms in total. The van der Waals surface area contributed by atoms with Gasteiger partial charge in [0, 0.05) is 60.9 Å². The molecule has 4 heterocycles. The van der Waals surface area contributed by atoms with E-state index in [9.17, 15) is 12.8 Å². The summed E-state index contributed by atoms with van der Waals surface area (Å²) in [5, 5.41) is 7.95. The SMILES string of the molecule is CN(C)c1cncc(-c2cc3c(-c4nc5c(-c6cc(F)cc(CCS(C)(=O)=O)c6)nccc5[nH]4)n[nH]c3cc2F)c1. The summed E-state index contributed by atoms with van der Waals surface area (Å²) in [5.74, 6) is -0.586. The van der Waals surface area contributed by atoms with Crippen LogP contribution in [0, 0.1) is 11.6 Å². The van der Waals surface area contributed by atoms with Crippen molar-refractivity contribution in [2.45, 2.75) is 6.42 Å². The summed E-state index contributed by atoms with van der Waals surface area (Å²) in [6.45, 7) is 0. The second-order valence-corrected chi connectivity index (χ2v) is 12.4. The molecule has 0 aliphatic heterocycles. The molecular formula is C29H25F2N7O2S. The summed E-state index contributed by atoms with van der Waals surface area (Å²) in [6, 6.07) is 11.1. The van der Waals surface area contributed by atoms with Crippen LogP contribution >= 0.6 is 0 Å². The minimum Gasteiger partial charge on any atom is -0.376 e. The zero-order valence-corrected chi connectivity index (χ0v) is 23.2. The van der Waals surface area contributed by atoms with E-state index >= 15 is 4.39 Å². The van der Waals surface area contributed by atoms with Gasteiger partial charge in [-0.15, -0.1) is 0 Å². The minimum absolute atomic E-state index is 0.0929. The lowest BCUT2D eigenvalue weighted by Gasteiger charge is -2.13. The van der Waals surface area contributed by atoms with Crippen molar-refractivity contribution in [1.82, 2.24) is 30.1 Å². The van der Waals surface area contributed by atoms with E-state index in [4.69, 9.17) is 4.98 Å². The molecular weight excluding hydrogens is 548 g/mol. The molecule has 0 fully saturated rings. The van der Waals surface area contributed by atoms with Gasteiger partial charge in [0.2, 0.25) is 0 Å². The topological polar surface area (TPSA) is 121 Å². The van der Waals surface area contributed by atoms with Crippen LogP contribution in [0.4, 0.5) is 14.5 Å². The molecule has 2 aromatic carbocycles. The number of H-pyrrole nitrogens is 2. The van der Waals surface area contributed by atoms with Crippen molar-refractivity contribution in [1.29, 1.82) is 0 Å². The smallest absolute Gasteiger partial charge is 0.159 e. The van der Waals surface area contributed by atoms with Gasteiger partial charge in [0.15, 0.2) is 5.82 Å². The van der Waals surface area contributed by atoms with Crippen molar-refractivity contribution in [2.24, 2.45) is 0 Å². The Balaban J connectivity index is 1.44. The summed E-state index contributed by atoms with van der Waals surface area (Å²) in [4.78, 5) is 18.6. The Morgan fingerprint density at radius 1 is 0.951 bits per heavy atom. The second kappa shape index (κ2) is 10.0. The van der Waals surface area contributed by atoms with E-state index in [-0.39, 0.29) is 12.2 Å². The lowest BCUT2D eigenvalue weighted by Crippen LogP contribution is -2.08. The van der Waals surface area contributed by atoms with Gasteiger partial charge in [-0.1, -0.05) is 0 Å². The number of imidazole rings is 1. The Labute approximate surface area is 234 Å². The first-order chi connectivity index (χ1) is 19.6. The number of fused-ring (bicyclic) bond motifs is 2. The van der Waals surface area contributed by atoms with Crippen LogP contribution in [0.25, 0.3) is 55.8 Å². The lowest BCUT2D eigenvalue weighted by molar-refractivity contribution is 0.600. The average Bonchev–Trinajstić information content (AvgIpc) is 3.54. The molecule has 0 radical (unpaired) electrons. The molecule has 208 valence electrons. The number of rotatable bonds is 7. The highest BCUT2D eigenvalue weighted by atomic mass is 32.2. The van der Waals surface area contributed by atoms with E-state index in [2.05, 4.69) is 25.1 Å². The Hall–Kier alpha value is -4.71. The van der Waals surface area contributed by atoms with Gasteiger partial charge in [-0.25, -0.2) is 22.2 Å². The summed E-state index contributed by atoms with van der Waals surface area (Å²) in [7, 11) is 0.566. The third kappa shape index (κ3) is 5.25. The number of nitrogens with zero attached hydrogens (tertiary/aromatic N) is 5. The van der Waals surface area contributed by atoms with Gasteiger partial charge in [-0.05, 0) is 48.4 Å². The van der Waals surface area contributed by atoms with Crippen LogP contribution in [-0.2, 0) is 16.3 Å². The molecule has 12 heteroatoms. The molecule has 2 N–H and O–H groups in total. The van der Waals surface area contributed by atoms with Gasteiger partial charge >= 0.3 is 0 Å². The fraction of sp³-hybridized carbons (Fsp3) is 0.172. The molecule has 6 rings (SSSR count). The van der Waals surface area contributed by atoms with Gasteiger partial charge in [0.1, 0.15) is 32.7 Å². The summed E-state index contributed by atoms with van der Waals surface area (Å²) in [5.41, 5.74) is 5.39. The third-order valence-electron chi connectivity index (χ3n) is 6.82. The standard InChI is InChI=1S/C29H25F2N7O2S/c1-38(2)20-11-18(14-32-15-20)21-12-22-25(13-23(21)31)36-37-27(22)29-34-24-4-6-33-26(28(24)35-29)17-8-16(9-19(30)10-17)5-7-41(3,39)40/h4,6,8-15H,5,7H2,1-3H3,(H,34,35)(H,36,37). The van der Waals surface area contributed by atoms with E-state index in [1.807, 2.05) is 25.1 Å². The third-order valence-corrected chi connectivity index (χ3v) is 7.77. The van der Waals surface area contributed by atoms with E-state index in [1.165, 1.54) is 18.2 Å². The number of aromatic nitrogens is 6. The Bertz CT molecular complexity index is 2050. The molecule has 0 atom stereocenters. The van der Waals surface area contributed by atoms with Gasteiger partial charge in [0.25, 0.3) is 0 Å². The highest BCUT2D eigenvalue weighted by molar-refractivity contribution is 7.90. The van der Waals surface area contributed by atoms with Crippen LogP contribution in [0.15, 0.2) is 61.1 Å². The van der Waals surface area contributed by atoms with Crippen molar-refractivity contribution < 1.29 is 17.2 Å². The van der Waals surface area contributed by atoms with Crippen molar-refractivity contribution in [2.75, 3.05) is 31.0 Å². The number of benzene rings is 2. The molecule has 0 spiro atoms. The summed E-state index contributed by atoms with van der Waals surface area (Å²) < 4.78 is 53.0. The number of pyridine rings is 2. The number of nitrogens with one attached hydrogen (secondary N) is 2. The molecule has 4 aromatic heterocycles. The fourth-order valence-electron chi connectivity index (χ4n) is 4.75. The Kier molecular flexibility index (Phi) is 6.49. The average molecular weight is 574 g/mol. The molecule has 6 aromatic rings. The quantitative estimate of drug-likeness (QED) is 0.271. The Morgan fingerprint density at radius 2 is 1.78 bits per heavy atom. The van der Waals surface area contributed by atoms with E-state index in [1.54, 1.807) is 36.8 Å². The number of aryl methyl sites for hydroxylation is 1. The monoisotopic (exact) mass is 573 g/mol. The van der Waals surface area contributed by atoms with E-state index in [0.717, 1.165) is 11.9 Å². The number of halogens is 2. The van der Waals surface area contributed by atoms with Crippen molar-refractivity contribution >= 4 is 37.5 Å². The number of hydrogen-bond donors (Lipinski definition) is 2. The number of anilines is 1. The first kappa shape index (κ1) is 26.5. The van der Waals surface area contributed by atoms with Crippen LogP contribution in [-0.4, -0.2) is 64.7 Å². The molecule has 0 saturated heterocycles. The van der Waals surface area contributed by atoms with Gasteiger partial charge in [0.05, 0.1) is 34.4 Å². The highest BCUT2D eigenvalue weighted by Gasteiger charge is 2.19. The van der Waals surface area contributed by atoms with Gasteiger partial charge < -0.3 is 9.88 Å². The van der Waals surface area contributed by atoms with Crippen molar-refractivity contribution in [3.05, 3.63) is 78.3 Å². The molecule has 0 unspecified atom stereocenters. The molecule has 0 bridgehead atoms.